The largest absolute Gasteiger partial charge is 0.444 e. The molecule has 114 valence electrons. The van der Waals surface area contributed by atoms with E-state index in [0.717, 1.165) is 17.9 Å². The fourth-order valence-electron chi connectivity index (χ4n) is 1.85. The average Bonchev–Trinajstić information content (AvgIpc) is 2.75. The standard InChI is InChI=1S/C14H25N3O2S/c1-11(9-20-5)17-10-15-8-12(17)6-7-16-13(18)19-14(2,3)4/h8,10-11H,6-7,9H2,1-5H3,(H,16,18). The van der Waals surface area contributed by atoms with Crippen molar-refractivity contribution in [2.45, 2.75) is 45.8 Å². The lowest BCUT2D eigenvalue weighted by molar-refractivity contribution is 0.0528. The number of thioether (sulfide) groups is 1. The number of alkyl carbamates (subject to hydrolysis) is 1. The summed E-state index contributed by atoms with van der Waals surface area (Å²) < 4.78 is 7.36. The summed E-state index contributed by atoms with van der Waals surface area (Å²) in [5.74, 6) is 1.04. The Kier molecular flexibility index (Phi) is 6.39. The molecule has 0 radical (unpaired) electrons. The van der Waals surface area contributed by atoms with Crippen molar-refractivity contribution < 1.29 is 9.53 Å². The molecule has 5 nitrogen and oxygen atoms in total. The van der Waals surface area contributed by atoms with Crippen molar-refractivity contribution in [2.75, 3.05) is 18.6 Å². The van der Waals surface area contributed by atoms with Gasteiger partial charge in [-0.3, -0.25) is 0 Å². The Hall–Kier alpha value is -1.17. The van der Waals surface area contributed by atoms with Crippen LogP contribution in [0.5, 0.6) is 0 Å². The van der Waals surface area contributed by atoms with Gasteiger partial charge in [-0.15, -0.1) is 0 Å². The normalized spacial score (nSPS) is 13.1. The lowest BCUT2D eigenvalue weighted by atomic mass is 10.2. The smallest absolute Gasteiger partial charge is 0.407 e. The van der Waals surface area contributed by atoms with E-state index < -0.39 is 5.60 Å². The number of rotatable bonds is 6. The number of imidazole rings is 1. The van der Waals surface area contributed by atoms with Crippen LogP contribution in [0.15, 0.2) is 12.5 Å². The second-order valence-electron chi connectivity index (χ2n) is 5.78. The Morgan fingerprint density at radius 3 is 2.85 bits per heavy atom. The molecule has 0 aliphatic rings. The molecule has 0 aliphatic carbocycles. The predicted octanol–water partition coefficient (Wildman–Crippen LogP) is 2.87. The number of carbonyl (C=O) groups excluding carboxylic acids is 1. The van der Waals surface area contributed by atoms with Crippen LogP contribution in [0, 0.1) is 0 Å². The van der Waals surface area contributed by atoms with Gasteiger partial charge in [-0.2, -0.15) is 11.8 Å². The van der Waals surface area contributed by atoms with E-state index in [-0.39, 0.29) is 6.09 Å². The van der Waals surface area contributed by atoms with Crippen molar-refractivity contribution in [3.8, 4) is 0 Å². The molecule has 1 aromatic heterocycles. The molecular weight excluding hydrogens is 274 g/mol. The van der Waals surface area contributed by atoms with Gasteiger partial charge in [-0.25, -0.2) is 9.78 Å². The first kappa shape index (κ1) is 16.9. The maximum atomic E-state index is 11.5. The van der Waals surface area contributed by atoms with Gasteiger partial charge in [0.15, 0.2) is 0 Å². The van der Waals surface area contributed by atoms with Crippen molar-refractivity contribution in [3.63, 3.8) is 0 Å². The van der Waals surface area contributed by atoms with Gasteiger partial charge in [-0.1, -0.05) is 0 Å². The van der Waals surface area contributed by atoms with E-state index in [1.54, 1.807) is 0 Å². The van der Waals surface area contributed by atoms with Gasteiger partial charge in [0.05, 0.1) is 6.33 Å². The predicted molar refractivity (Wildman–Crippen MR) is 83.3 cm³/mol. The van der Waals surface area contributed by atoms with Gasteiger partial charge in [0.2, 0.25) is 0 Å². The molecule has 1 heterocycles. The van der Waals surface area contributed by atoms with Gasteiger partial charge in [0, 0.05) is 36.7 Å². The molecule has 1 unspecified atom stereocenters. The Morgan fingerprint density at radius 1 is 1.55 bits per heavy atom. The number of ether oxygens (including phenoxy) is 1. The summed E-state index contributed by atoms with van der Waals surface area (Å²) in [4.78, 5) is 15.7. The van der Waals surface area contributed by atoms with Crippen molar-refractivity contribution >= 4 is 17.9 Å². The number of amides is 1. The minimum Gasteiger partial charge on any atom is -0.444 e. The molecule has 0 aromatic carbocycles. The summed E-state index contributed by atoms with van der Waals surface area (Å²) in [5.41, 5.74) is 0.668. The van der Waals surface area contributed by atoms with E-state index in [9.17, 15) is 4.79 Å². The molecular formula is C14H25N3O2S. The van der Waals surface area contributed by atoms with Crippen LogP contribution in [0.1, 0.15) is 39.4 Å². The third kappa shape index (κ3) is 5.86. The number of carbonyl (C=O) groups is 1. The fraction of sp³-hybridized carbons (Fsp3) is 0.714. The molecule has 6 heteroatoms. The van der Waals surface area contributed by atoms with Crippen LogP contribution < -0.4 is 5.32 Å². The van der Waals surface area contributed by atoms with Gasteiger partial charge < -0.3 is 14.6 Å². The van der Waals surface area contributed by atoms with E-state index in [2.05, 4.69) is 28.0 Å². The van der Waals surface area contributed by atoms with Crippen LogP contribution in [0.25, 0.3) is 0 Å². The minimum absolute atomic E-state index is 0.374. The zero-order valence-electron chi connectivity index (χ0n) is 13.0. The Morgan fingerprint density at radius 2 is 2.25 bits per heavy atom. The van der Waals surface area contributed by atoms with Gasteiger partial charge in [0.1, 0.15) is 5.60 Å². The zero-order chi connectivity index (χ0) is 15.2. The van der Waals surface area contributed by atoms with Crippen LogP contribution in [0.3, 0.4) is 0 Å². The van der Waals surface area contributed by atoms with E-state index in [1.807, 2.05) is 45.1 Å². The zero-order valence-corrected chi connectivity index (χ0v) is 13.8. The molecule has 1 amide bonds. The summed E-state index contributed by atoms with van der Waals surface area (Å²) in [6.07, 6.45) is 6.17. The van der Waals surface area contributed by atoms with Crippen molar-refractivity contribution in [1.29, 1.82) is 0 Å². The molecule has 0 fully saturated rings. The molecule has 0 saturated heterocycles. The van der Waals surface area contributed by atoms with Crippen LogP contribution in [0.2, 0.25) is 0 Å². The van der Waals surface area contributed by atoms with Crippen LogP contribution in [-0.2, 0) is 11.2 Å². The van der Waals surface area contributed by atoms with Crippen LogP contribution in [-0.4, -0.2) is 39.8 Å². The monoisotopic (exact) mass is 299 g/mol. The maximum absolute atomic E-state index is 11.5. The Bertz CT molecular complexity index is 426. The second kappa shape index (κ2) is 7.57. The lowest BCUT2D eigenvalue weighted by Crippen LogP contribution is -2.33. The third-order valence-corrected chi connectivity index (χ3v) is 3.49. The molecule has 1 aromatic rings. The number of nitrogens with zero attached hydrogens (tertiary/aromatic N) is 2. The van der Waals surface area contributed by atoms with Gasteiger partial charge in [-0.05, 0) is 34.0 Å². The number of aromatic nitrogens is 2. The quantitative estimate of drug-likeness (QED) is 0.877. The summed E-state index contributed by atoms with van der Waals surface area (Å²) in [6, 6.07) is 0.407. The lowest BCUT2D eigenvalue weighted by Gasteiger charge is -2.20. The van der Waals surface area contributed by atoms with Gasteiger partial charge >= 0.3 is 6.09 Å². The molecule has 20 heavy (non-hydrogen) atoms. The van der Waals surface area contributed by atoms with Gasteiger partial charge in [0.25, 0.3) is 0 Å². The average molecular weight is 299 g/mol. The first-order valence-corrected chi connectivity index (χ1v) is 8.19. The van der Waals surface area contributed by atoms with E-state index >= 15 is 0 Å². The number of nitrogens with one attached hydrogen (secondary N) is 1. The first-order chi connectivity index (χ1) is 9.33. The van der Waals surface area contributed by atoms with Crippen molar-refractivity contribution in [1.82, 2.24) is 14.9 Å². The molecule has 1 atom stereocenters. The highest BCUT2D eigenvalue weighted by molar-refractivity contribution is 7.98. The number of hydrogen-bond donors (Lipinski definition) is 1. The molecule has 1 rings (SSSR count). The molecule has 0 saturated carbocycles. The first-order valence-electron chi connectivity index (χ1n) is 6.80. The molecule has 0 spiro atoms. The highest BCUT2D eigenvalue weighted by Gasteiger charge is 2.16. The minimum atomic E-state index is -0.460. The Labute approximate surface area is 125 Å². The second-order valence-corrected chi connectivity index (χ2v) is 6.69. The van der Waals surface area contributed by atoms with Crippen LogP contribution in [0.4, 0.5) is 4.79 Å². The number of hydrogen-bond acceptors (Lipinski definition) is 4. The summed E-state index contributed by atoms with van der Waals surface area (Å²) >= 11 is 1.81. The SMILES string of the molecule is CSCC(C)n1cncc1CCNC(=O)OC(C)(C)C. The topological polar surface area (TPSA) is 56.2 Å². The summed E-state index contributed by atoms with van der Waals surface area (Å²) in [6.45, 7) is 8.28. The van der Waals surface area contributed by atoms with Crippen LogP contribution >= 0.6 is 11.8 Å². The Balaban J connectivity index is 2.43. The molecule has 1 N–H and O–H groups in total. The van der Waals surface area contributed by atoms with E-state index in [4.69, 9.17) is 4.74 Å². The van der Waals surface area contributed by atoms with E-state index in [1.165, 1.54) is 0 Å². The van der Waals surface area contributed by atoms with Crippen molar-refractivity contribution in [2.24, 2.45) is 0 Å². The highest BCUT2D eigenvalue weighted by Crippen LogP contribution is 2.14. The summed E-state index contributed by atoms with van der Waals surface area (Å²) in [7, 11) is 0. The highest BCUT2D eigenvalue weighted by atomic mass is 32.2. The molecule has 0 bridgehead atoms. The summed E-state index contributed by atoms with van der Waals surface area (Å²) in [5, 5.41) is 2.77. The third-order valence-electron chi connectivity index (χ3n) is 2.68. The van der Waals surface area contributed by atoms with Crippen molar-refractivity contribution in [3.05, 3.63) is 18.2 Å². The molecule has 0 aliphatic heterocycles. The maximum Gasteiger partial charge on any atom is 0.407 e. The van der Waals surface area contributed by atoms with E-state index in [0.29, 0.717) is 12.6 Å². The fourth-order valence-corrected chi connectivity index (χ4v) is 2.49.